The number of phenolic OH excluding ortho intramolecular Hbond substituents is 1. The lowest BCUT2D eigenvalue weighted by atomic mass is 10.1. The molecule has 1 heterocycles. The number of para-hydroxylation sites is 1. The Labute approximate surface area is 75.8 Å². The van der Waals surface area contributed by atoms with E-state index < -0.39 is 0 Å². The highest BCUT2D eigenvalue weighted by Gasteiger charge is 2.11. The second-order valence-electron chi connectivity index (χ2n) is 2.99. The number of phenols is 1. The van der Waals surface area contributed by atoms with Crippen LogP contribution < -0.4 is 5.73 Å². The first-order valence-corrected chi connectivity index (χ1v) is 4.14. The number of furan rings is 1. The van der Waals surface area contributed by atoms with E-state index in [1.807, 2.05) is 13.0 Å². The van der Waals surface area contributed by atoms with E-state index >= 15 is 0 Å². The zero-order valence-corrected chi connectivity index (χ0v) is 7.37. The van der Waals surface area contributed by atoms with Crippen molar-refractivity contribution in [1.82, 2.24) is 0 Å². The third-order valence-corrected chi connectivity index (χ3v) is 2.20. The summed E-state index contributed by atoms with van der Waals surface area (Å²) in [5.41, 5.74) is 7.06. The fourth-order valence-corrected chi connectivity index (χ4v) is 1.53. The number of benzene rings is 1. The average Bonchev–Trinajstić information content (AvgIpc) is 2.43. The molecule has 0 aliphatic heterocycles. The van der Waals surface area contributed by atoms with Gasteiger partial charge in [-0.3, -0.25) is 0 Å². The summed E-state index contributed by atoms with van der Waals surface area (Å²) in [5, 5.41) is 10.4. The molecule has 0 aliphatic carbocycles. The molecule has 0 fully saturated rings. The van der Waals surface area contributed by atoms with Crippen molar-refractivity contribution in [1.29, 1.82) is 0 Å². The molecule has 13 heavy (non-hydrogen) atoms. The van der Waals surface area contributed by atoms with Crippen molar-refractivity contribution in [2.45, 2.75) is 13.5 Å². The van der Waals surface area contributed by atoms with Gasteiger partial charge in [0.05, 0.1) is 0 Å². The second-order valence-corrected chi connectivity index (χ2v) is 2.99. The summed E-state index contributed by atoms with van der Waals surface area (Å²) < 4.78 is 5.39. The number of nitrogens with two attached hydrogens (primary N) is 1. The van der Waals surface area contributed by atoms with Gasteiger partial charge in [0.15, 0.2) is 11.3 Å². The predicted molar refractivity (Wildman–Crippen MR) is 50.5 cm³/mol. The fourth-order valence-electron chi connectivity index (χ4n) is 1.53. The lowest BCUT2D eigenvalue weighted by Crippen LogP contribution is -1.96. The molecule has 0 bridgehead atoms. The number of hydrogen-bond acceptors (Lipinski definition) is 3. The van der Waals surface area contributed by atoms with Gasteiger partial charge in [0.25, 0.3) is 0 Å². The molecule has 3 N–H and O–H groups in total. The van der Waals surface area contributed by atoms with Gasteiger partial charge >= 0.3 is 0 Å². The summed E-state index contributed by atoms with van der Waals surface area (Å²) in [5.74, 6) is 0.944. The molecule has 2 rings (SSSR count). The van der Waals surface area contributed by atoms with E-state index in [1.165, 1.54) is 0 Å². The van der Waals surface area contributed by atoms with E-state index in [1.54, 1.807) is 12.1 Å². The Bertz CT molecular complexity index is 445. The van der Waals surface area contributed by atoms with Crippen molar-refractivity contribution in [2.75, 3.05) is 0 Å². The highest BCUT2D eigenvalue weighted by atomic mass is 16.4. The largest absolute Gasteiger partial charge is 0.504 e. The number of fused-ring (bicyclic) bond motifs is 1. The molecule has 1 aromatic heterocycles. The minimum Gasteiger partial charge on any atom is -0.504 e. The first-order valence-electron chi connectivity index (χ1n) is 4.14. The third-order valence-electron chi connectivity index (χ3n) is 2.20. The summed E-state index contributed by atoms with van der Waals surface area (Å²) in [7, 11) is 0. The van der Waals surface area contributed by atoms with Gasteiger partial charge < -0.3 is 15.3 Å². The molecule has 3 nitrogen and oxygen atoms in total. The van der Waals surface area contributed by atoms with Crippen LogP contribution in [0.15, 0.2) is 22.6 Å². The van der Waals surface area contributed by atoms with Gasteiger partial charge in [0.2, 0.25) is 0 Å². The van der Waals surface area contributed by atoms with E-state index in [0.717, 1.165) is 16.7 Å². The Kier molecular flexibility index (Phi) is 1.74. The van der Waals surface area contributed by atoms with Crippen LogP contribution in [0.5, 0.6) is 5.75 Å². The van der Waals surface area contributed by atoms with E-state index in [-0.39, 0.29) is 5.75 Å². The molecular formula is C10H11NO2. The normalized spacial score (nSPS) is 10.9. The first kappa shape index (κ1) is 8.13. The zero-order valence-electron chi connectivity index (χ0n) is 7.37. The maximum atomic E-state index is 9.47. The first-order chi connectivity index (χ1) is 6.24. The smallest absolute Gasteiger partial charge is 0.176 e. The summed E-state index contributed by atoms with van der Waals surface area (Å²) in [6.45, 7) is 2.28. The number of aromatic hydroxyl groups is 1. The maximum Gasteiger partial charge on any atom is 0.176 e. The lowest BCUT2D eigenvalue weighted by molar-refractivity contribution is 0.461. The van der Waals surface area contributed by atoms with Crippen LogP contribution in [-0.4, -0.2) is 5.11 Å². The summed E-state index contributed by atoms with van der Waals surface area (Å²) >= 11 is 0. The Balaban J connectivity index is 2.86. The Hall–Kier alpha value is -1.48. The van der Waals surface area contributed by atoms with Crippen LogP contribution in [0.2, 0.25) is 0 Å². The van der Waals surface area contributed by atoms with Crippen molar-refractivity contribution in [3.05, 3.63) is 29.5 Å². The van der Waals surface area contributed by atoms with Crippen LogP contribution in [0.1, 0.15) is 11.3 Å². The fraction of sp³-hybridized carbons (Fsp3) is 0.200. The molecule has 0 radical (unpaired) electrons. The minimum absolute atomic E-state index is 0.167. The summed E-state index contributed by atoms with van der Waals surface area (Å²) in [4.78, 5) is 0. The topological polar surface area (TPSA) is 59.4 Å². The maximum absolute atomic E-state index is 9.47. The van der Waals surface area contributed by atoms with E-state index in [9.17, 15) is 5.11 Å². The van der Waals surface area contributed by atoms with Gasteiger partial charge in [0.1, 0.15) is 5.76 Å². The molecular weight excluding hydrogens is 166 g/mol. The highest BCUT2D eigenvalue weighted by Crippen LogP contribution is 2.31. The van der Waals surface area contributed by atoms with Crippen molar-refractivity contribution in [3.8, 4) is 5.75 Å². The Morgan fingerprint density at radius 2 is 2.23 bits per heavy atom. The van der Waals surface area contributed by atoms with Crippen LogP contribution in [0.4, 0.5) is 0 Å². The van der Waals surface area contributed by atoms with Crippen molar-refractivity contribution >= 4 is 11.0 Å². The lowest BCUT2D eigenvalue weighted by Gasteiger charge is -1.93. The Morgan fingerprint density at radius 1 is 1.46 bits per heavy atom. The third kappa shape index (κ3) is 1.09. The molecule has 0 amide bonds. The number of hydrogen-bond donors (Lipinski definition) is 2. The van der Waals surface area contributed by atoms with Crippen molar-refractivity contribution < 1.29 is 9.52 Å². The van der Waals surface area contributed by atoms with Gasteiger partial charge in [-0.2, -0.15) is 0 Å². The quantitative estimate of drug-likeness (QED) is 0.699. The van der Waals surface area contributed by atoms with Crippen LogP contribution in [-0.2, 0) is 6.54 Å². The van der Waals surface area contributed by atoms with Crippen LogP contribution in [0.3, 0.4) is 0 Å². The average molecular weight is 177 g/mol. The predicted octanol–water partition coefficient (Wildman–Crippen LogP) is 1.91. The highest BCUT2D eigenvalue weighted by molar-refractivity contribution is 5.86. The molecule has 0 saturated carbocycles. The minimum atomic E-state index is 0.167. The van der Waals surface area contributed by atoms with Crippen molar-refractivity contribution in [2.24, 2.45) is 5.73 Å². The van der Waals surface area contributed by atoms with E-state index in [2.05, 4.69) is 0 Å². The van der Waals surface area contributed by atoms with Crippen LogP contribution >= 0.6 is 0 Å². The van der Waals surface area contributed by atoms with Crippen molar-refractivity contribution in [3.63, 3.8) is 0 Å². The van der Waals surface area contributed by atoms with Gasteiger partial charge in [-0.25, -0.2) is 0 Å². The molecule has 0 atom stereocenters. The van der Waals surface area contributed by atoms with E-state index in [4.69, 9.17) is 10.2 Å². The van der Waals surface area contributed by atoms with Crippen LogP contribution in [0, 0.1) is 6.92 Å². The zero-order chi connectivity index (χ0) is 9.42. The molecule has 0 saturated heterocycles. The van der Waals surface area contributed by atoms with Gasteiger partial charge in [-0.1, -0.05) is 12.1 Å². The van der Waals surface area contributed by atoms with Gasteiger partial charge in [0, 0.05) is 17.5 Å². The molecule has 1 aromatic carbocycles. The molecule has 0 unspecified atom stereocenters. The molecule has 2 aromatic rings. The second kappa shape index (κ2) is 2.78. The van der Waals surface area contributed by atoms with E-state index in [0.29, 0.717) is 12.1 Å². The summed E-state index contributed by atoms with van der Waals surface area (Å²) in [6.07, 6.45) is 0. The SMILES string of the molecule is Cc1oc2c(O)cccc2c1CN. The number of rotatable bonds is 1. The molecule has 3 heteroatoms. The number of aryl methyl sites for hydroxylation is 1. The molecule has 68 valence electrons. The van der Waals surface area contributed by atoms with Gasteiger partial charge in [-0.15, -0.1) is 0 Å². The summed E-state index contributed by atoms with van der Waals surface area (Å²) in [6, 6.07) is 5.28. The van der Waals surface area contributed by atoms with Gasteiger partial charge in [-0.05, 0) is 13.0 Å². The molecule has 0 aliphatic rings. The molecule has 0 spiro atoms. The monoisotopic (exact) mass is 177 g/mol. The standard InChI is InChI=1S/C10H11NO2/c1-6-8(5-11)7-3-2-4-9(12)10(7)13-6/h2-4,12H,5,11H2,1H3. The Morgan fingerprint density at radius 3 is 2.92 bits per heavy atom. The van der Waals surface area contributed by atoms with Crippen LogP contribution in [0.25, 0.3) is 11.0 Å².